The minimum absolute atomic E-state index is 0.00579. The van der Waals surface area contributed by atoms with E-state index >= 15 is 9.59 Å². The number of amides is 6. The van der Waals surface area contributed by atoms with Crippen LogP contribution in [0.15, 0.2) is 86.5 Å². The number of likely N-dealkylation sites (tertiary alicyclic amines) is 1. The molecule has 26 nitrogen and oxygen atoms in total. The highest BCUT2D eigenvalue weighted by Crippen LogP contribution is 2.28. The number of hydrogen-bond donors (Lipinski definition) is 9. The fraction of sp³-hybridized carbons (Fsp3) is 0.529. The van der Waals surface area contributed by atoms with E-state index in [0.717, 1.165) is 11.1 Å². The molecular weight excluding hydrogens is 1370 g/mol. The molecule has 0 radical (unpaired) electrons. The van der Waals surface area contributed by atoms with Crippen molar-refractivity contribution in [1.82, 2.24) is 40.9 Å². The second kappa shape index (κ2) is 37.5. The van der Waals surface area contributed by atoms with Gasteiger partial charge in [-0.1, -0.05) is 111 Å². The molecule has 5 rings (SSSR count). The lowest BCUT2D eigenvalue weighted by Crippen LogP contribution is -2.60. The molecule has 30 heteroatoms. The largest absolute Gasteiger partial charge is 0.489 e. The lowest BCUT2D eigenvalue weighted by atomic mass is 9.96. The quantitative estimate of drug-likeness (QED) is 0.00959. The number of nitrogens with zero attached hydrogens (tertiary/aromatic N) is 3. The van der Waals surface area contributed by atoms with Crippen LogP contribution in [0.2, 0.25) is 10.0 Å². The van der Waals surface area contributed by atoms with E-state index < -0.39 is 121 Å². The first-order valence-corrected chi connectivity index (χ1v) is 37.2. The summed E-state index contributed by atoms with van der Waals surface area (Å²) in [6.45, 7) is 24.0. The van der Waals surface area contributed by atoms with E-state index in [-0.39, 0.29) is 93.5 Å². The maximum atomic E-state index is 15.3. The van der Waals surface area contributed by atoms with Gasteiger partial charge in [-0.25, -0.2) is 35.9 Å². The first kappa shape index (κ1) is 82.5. The second-order valence-electron chi connectivity index (χ2n) is 26.6. The van der Waals surface area contributed by atoms with Crippen molar-refractivity contribution in [3.05, 3.63) is 121 Å². The number of aryl methyl sites for hydroxylation is 6. The standard InChI is InChI=1S/C70H100Cl2N12O14S2/c1-15-43(7)58(64(88)79-56(33-40(3)4)66(90)96-16-2)81-62(86)55(38-48-26-28-49(29-27-48)97-39-50-51(71)21-17-22-52(50)72)78-63(87)57-25-20-32-84(57)65(89)54(24-19-31-76-68(74)83-100(94,95)60-46(10)36-42(6)37-47(60)11)77-61(85)53(80-69(91)98-70(12,13)14)23-18-30-75-67(73)82-99(92,93)59-44(8)34-41(5)35-45(59)9/h17,21-22,26-29,34-37,40,43,53-58H,15-16,18-20,23-25,30-33,38-39H2,1-14H3,(H,77,85)(H,78,87)(H,79,88)(H,80,91)(H,81,86)(H3,73,75,82)(H3,74,76,83)/t43-,53-,54-,55-,56-,57-,58-/m0/s1. The van der Waals surface area contributed by atoms with Gasteiger partial charge in [0.1, 0.15) is 54.2 Å². The minimum Gasteiger partial charge on any atom is -0.489 e. The first-order chi connectivity index (χ1) is 46.8. The molecule has 4 aromatic carbocycles. The Labute approximate surface area is 598 Å². The summed E-state index contributed by atoms with van der Waals surface area (Å²) in [7, 11) is -8.39. The van der Waals surface area contributed by atoms with Crippen LogP contribution in [0, 0.1) is 53.4 Å². The molecule has 11 N–H and O–H groups in total. The van der Waals surface area contributed by atoms with E-state index in [9.17, 15) is 40.8 Å². The van der Waals surface area contributed by atoms with Crippen LogP contribution in [0.1, 0.15) is 151 Å². The number of nitrogens with one attached hydrogen (secondary N) is 7. The average Bonchev–Trinajstić information content (AvgIpc) is 1.49. The number of hydrogen-bond acceptors (Lipinski definition) is 16. The zero-order chi connectivity index (χ0) is 74.6. The molecule has 7 atom stereocenters. The van der Waals surface area contributed by atoms with Gasteiger partial charge in [-0.05, 0) is 178 Å². The number of carbonyl (C=O) groups is 7. The number of rotatable bonds is 33. The Morgan fingerprint density at radius 3 is 1.65 bits per heavy atom. The molecule has 0 aromatic heterocycles. The van der Waals surface area contributed by atoms with E-state index in [1.807, 2.05) is 34.6 Å². The second-order valence-corrected chi connectivity index (χ2v) is 30.7. The number of esters is 1. The zero-order valence-corrected chi connectivity index (χ0v) is 62.8. The molecule has 0 unspecified atom stereocenters. The summed E-state index contributed by atoms with van der Waals surface area (Å²) in [6, 6.07) is 10.9. The predicted octanol–water partition coefficient (Wildman–Crippen LogP) is 7.59. The van der Waals surface area contributed by atoms with Gasteiger partial charge in [0.2, 0.25) is 41.5 Å². The molecule has 0 aliphatic carbocycles. The molecule has 100 heavy (non-hydrogen) atoms. The van der Waals surface area contributed by atoms with Crippen LogP contribution in [-0.4, -0.2) is 143 Å². The first-order valence-electron chi connectivity index (χ1n) is 33.5. The summed E-state index contributed by atoms with van der Waals surface area (Å²) in [5, 5.41) is 14.7. The van der Waals surface area contributed by atoms with Crippen LogP contribution in [0.5, 0.6) is 5.75 Å². The lowest BCUT2D eigenvalue weighted by molar-refractivity contribution is -0.148. The van der Waals surface area contributed by atoms with Gasteiger partial charge in [0.25, 0.3) is 20.0 Å². The van der Waals surface area contributed by atoms with Gasteiger partial charge in [-0.2, -0.15) is 0 Å². The number of carbonyl (C=O) groups excluding carboxylic acids is 7. The van der Waals surface area contributed by atoms with E-state index in [4.69, 9.17) is 48.9 Å². The SMILES string of the molecule is CCOC(=O)[C@H](CC(C)C)NC(=O)[C@@H](NC(=O)[C@H](Cc1ccc(OCc2c(Cl)cccc2Cl)cc1)NC(=O)[C@@H]1CCCN1C(=O)[C@H](CCCN=C(N)NS(=O)(=O)c1c(C)cc(C)cc1C)NC(=O)[C@H](CCCN=C(N)NS(=O)(=O)c1c(C)cc(C)cc1C)NC(=O)OC(C)(C)C)[C@@H](C)CC. The molecule has 0 saturated carbocycles. The van der Waals surface area contributed by atoms with Crippen molar-refractivity contribution >= 4 is 96.8 Å². The molecule has 0 bridgehead atoms. The number of sulfonamides is 2. The van der Waals surface area contributed by atoms with Crippen LogP contribution < -0.4 is 52.2 Å². The Bertz CT molecular complexity index is 3800. The highest BCUT2D eigenvalue weighted by molar-refractivity contribution is 7.90. The fourth-order valence-corrected chi connectivity index (χ4v) is 15.1. The maximum Gasteiger partial charge on any atom is 0.408 e. The average molecular weight is 1470 g/mol. The van der Waals surface area contributed by atoms with Crippen molar-refractivity contribution in [3.8, 4) is 5.75 Å². The highest BCUT2D eigenvalue weighted by atomic mass is 35.5. The topological polar surface area (TPSA) is 380 Å². The van der Waals surface area contributed by atoms with Crippen LogP contribution in [0.4, 0.5) is 4.79 Å². The highest BCUT2D eigenvalue weighted by Gasteiger charge is 2.41. The predicted molar refractivity (Wildman–Crippen MR) is 385 cm³/mol. The molecule has 1 saturated heterocycles. The summed E-state index contributed by atoms with van der Waals surface area (Å²) in [5.41, 5.74) is 16.1. The van der Waals surface area contributed by atoms with Crippen LogP contribution in [0.3, 0.4) is 0 Å². The molecule has 0 spiro atoms. The smallest absolute Gasteiger partial charge is 0.408 e. The summed E-state index contributed by atoms with van der Waals surface area (Å²) < 4.78 is 75.7. The van der Waals surface area contributed by atoms with Crippen LogP contribution in [0.25, 0.3) is 0 Å². The lowest BCUT2D eigenvalue weighted by Gasteiger charge is -2.31. The Balaban J connectivity index is 1.48. The van der Waals surface area contributed by atoms with Gasteiger partial charge in [-0.15, -0.1) is 0 Å². The van der Waals surface area contributed by atoms with Gasteiger partial charge in [0, 0.05) is 41.7 Å². The summed E-state index contributed by atoms with van der Waals surface area (Å²) in [4.78, 5) is 111. The molecule has 1 heterocycles. The minimum atomic E-state index is -4.21. The number of guanidine groups is 2. The number of halogens is 2. The number of benzene rings is 4. The van der Waals surface area contributed by atoms with E-state index in [0.29, 0.717) is 62.0 Å². The maximum absolute atomic E-state index is 15.3. The molecular formula is C70H100Cl2N12O14S2. The third-order valence-corrected chi connectivity index (χ3v) is 20.4. The number of ether oxygens (including phenoxy) is 3. The van der Waals surface area contributed by atoms with Crippen molar-refractivity contribution < 1.29 is 64.6 Å². The number of alkyl carbamates (subject to hydrolysis) is 1. The van der Waals surface area contributed by atoms with Crippen LogP contribution >= 0.6 is 23.2 Å². The van der Waals surface area contributed by atoms with Gasteiger partial charge < -0.3 is 57.2 Å². The molecule has 6 amide bonds. The third kappa shape index (κ3) is 24.8. The van der Waals surface area contributed by atoms with Gasteiger partial charge in [0.05, 0.1) is 16.4 Å². The van der Waals surface area contributed by atoms with E-state index in [1.54, 1.807) is 129 Å². The molecule has 4 aromatic rings. The van der Waals surface area contributed by atoms with Crippen molar-refractivity contribution in [2.45, 2.75) is 213 Å². The number of nitrogens with two attached hydrogens (primary N) is 2. The molecule has 1 fully saturated rings. The van der Waals surface area contributed by atoms with Gasteiger partial charge in [0.15, 0.2) is 0 Å². The van der Waals surface area contributed by atoms with Crippen LogP contribution in [-0.2, 0) is 71.3 Å². The summed E-state index contributed by atoms with van der Waals surface area (Å²) in [5.74, 6) is -5.40. The van der Waals surface area contributed by atoms with Crippen molar-refractivity contribution in [2.24, 2.45) is 33.3 Å². The Morgan fingerprint density at radius 1 is 0.660 bits per heavy atom. The zero-order valence-electron chi connectivity index (χ0n) is 59.7. The van der Waals surface area contributed by atoms with Crippen molar-refractivity contribution in [3.63, 3.8) is 0 Å². The van der Waals surface area contributed by atoms with E-state index in [2.05, 4.69) is 46.0 Å². The molecule has 1 aliphatic rings. The third-order valence-electron chi connectivity index (χ3n) is 16.4. The van der Waals surface area contributed by atoms with Gasteiger partial charge in [-0.3, -0.25) is 34.0 Å². The van der Waals surface area contributed by atoms with Crippen molar-refractivity contribution in [1.29, 1.82) is 0 Å². The normalized spacial score (nSPS) is 15.5. The fourth-order valence-electron chi connectivity index (χ4n) is 11.8. The molecule has 550 valence electrons. The van der Waals surface area contributed by atoms with Crippen molar-refractivity contribution in [2.75, 3.05) is 26.2 Å². The summed E-state index contributed by atoms with van der Waals surface area (Å²) in [6.07, 6.45) is -0.386. The Kier molecular flexibility index (Phi) is 30.9. The molecule has 1 aliphatic heterocycles. The summed E-state index contributed by atoms with van der Waals surface area (Å²) >= 11 is 12.8. The van der Waals surface area contributed by atoms with E-state index in [1.165, 1.54) is 4.90 Å². The Hall–Kier alpha value is -8.21. The monoisotopic (exact) mass is 1470 g/mol. The number of aliphatic imine (C=N–C) groups is 2. The van der Waals surface area contributed by atoms with Gasteiger partial charge >= 0.3 is 12.1 Å². The Morgan fingerprint density at radius 2 is 1.16 bits per heavy atom.